The van der Waals surface area contributed by atoms with Gasteiger partial charge in [0.05, 0.1) is 32.2 Å². The molecule has 0 aromatic heterocycles. The van der Waals surface area contributed by atoms with Gasteiger partial charge in [0.15, 0.2) is 0 Å². The Labute approximate surface area is 304 Å². The Hall–Kier alpha value is -5.83. The average molecular weight is 753 g/mol. The van der Waals surface area contributed by atoms with Gasteiger partial charge in [-0.05, 0) is 50.3 Å². The molecule has 0 radical (unpaired) electrons. The molecule has 0 heterocycles. The fourth-order valence-electron chi connectivity index (χ4n) is 4.37. The number of carboxylic acid groups (broad SMARTS) is 2. The Balaban J connectivity index is 2.65. The number of aliphatic carboxylic acids is 2. The molecule has 0 aliphatic heterocycles. The van der Waals surface area contributed by atoms with Gasteiger partial charge in [-0.25, -0.2) is 0 Å². The molecule has 0 fully saturated rings. The summed E-state index contributed by atoms with van der Waals surface area (Å²) in [5.74, 6) is -9.27. The predicted octanol–water partition coefficient (Wildman–Crippen LogP) is -4.44. The van der Waals surface area contributed by atoms with Crippen LogP contribution in [0.5, 0.6) is 5.75 Å². The highest BCUT2D eigenvalue weighted by molar-refractivity contribution is 5.97. The minimum absolute atomic E-state index is 0.0233. The van der Waals surface area contributed by atoms with Crippen LogP contribution in [0.3, 0.4) is 0 Å². The van der Waals surface area contributed by atoms with Gasteiger partial charge in [-0.3, -0.25) is 43.2 Å². The molecule has 21 heteroatoms. The van der Waals surface area contributed by atoms with Crippen molar-refractivity contribution >= 4 is 53.3 Å². The van der Waals surface area contributed by atoms with E-state index in [1.54, 1.807) is 26.0 Å². The summed E-state index contributed by atoms with van der Waals surface area (Å²) in [5.41, 5.74) is 6.50. The first kappa shape index (κ1) is 45.2. The minimum Gasteiger partial charge on any atom is -0.508 e. The van der Waals surface area contributed by atoms with E-state index < -0.39 is 116 Å². The van der Waals surface area contributed by atoms with Gasteiger partial charge in [0.1, 0.15) is 36.0 Å². The number of nitrogens with two attached hydrogens (primary N) is 1. The smallest absolute Gasteiger partial charge is 0.325 e. The number of phenolic OH excluding ortho intramolecular Hbond substituents is 1. The molecule has 1 rings (SSSR count). The number of nitrogens with one attached hydrogen (secondary N) is 7. The molecular weight excluding hydrogens is 704 g/mol. The molecule has 53 heavy (non-hydrogen) atoms. The van der Waals surface area contributed by atoms with Gasteiger partial charge in [-0.15, -0.1) is 0 Å². The molecule has 1 aromatic carbocycles. The molecule has 0 bridgehead atoms. The van der Waals surface area contributed by atoms with Gasteiger partial charge in [-0.2, -0.15) is 0 Å². The number of carbonyl (C=O) groups is 9. The lowest BCUT2D eigenvalue weighted by Crippen LogP contribution is -2.58. The third-order valence-corrected chi connectivity index (χ3v) is 7.27. The number of carboxylic acids is 2. The molecule has 7 amide bonds. The summed E-state index contributed by atoms with van der Waals surface area (Å²) < 4.78 is 0. The lowest BCUT2D eigenvalue weighted by Gasteiger charge is -2.25. The normalized spacial score (nSPS) is 14.2. The van der Waals surface area contributed by atoms with E-state index in [4.69, 9.17) is 10.8 Å². The van der Waals surface area contributed by atoms with Crippen molar-refractivity contribution in [1.29, 1.82) is 0 Å². The Kier molecular flexibility index (Phi) is 18.9. The maximum atomic E-state index is 13.1. The van der Waals surface area contributed by atoms with Gasteiger partial charge < -0.3 is 63.4 Å². The predicted molar refractivity (Wildman–Crippen MR) is 183 cm³/mol. The number of aliphatic hydroxyl groups excluding tert-OH is 1. The van der Waals surface area contributed by atoms with E-state index >= 15 is 0 Å². The topological polar surface area (TPSA) is 345 Å². The van der Waals surface area contributed by atoms with E-state index in [0.29, 0.717) is 5.56 Å². The van der Waals surface area contributed by atoms with E-state index in [9.17, 15) is 58.5 Å². The van der Waals surface area contributed by atoms with Crippen LogP contribution in [0.4, 0.5) is 0 Å². The van der Waals surface area contributed by atoms with Crippen LogP contribution >= 0.6 is 0 Å². The molecule has 21 nitrogen and oxygen atoms in total. The van der Waals surface area contributed by atoms with Crippen molar-refractivity contribution in [2.75, 3.05) is 19.7 Å². The highest BCUT2D eigenvalue weighted by Gasteiger charge is 2.31. The van der Waals surface area contributed by atoms with Crippen LogP contribution in [0.15, 0.2) is 24.3 Å². The van der Waals surface area contributed by atoms with Crippen LogP contribution < -0.4 is 43.0 Å². The van der Waals surface area contributed by atoms with Crippen molar-refractivity contribution in [2.45, 2.75) is 83.2 Å². The first-order valence-electron chi connectivity index (χ1n) is 16.4. The van der Waals surface area contributed by atoms with E-state index in [1.807, 2.05) is 0 Å². The van der Waals surface area contributed by atoms with Gasteiger partial charge in [0.2, 0.25) is 41.4 Å². The molecule has 0 unspecified atom stereocenters. The Morgan fingerprint density at radius 2 is 1.19 bits per heavy atom. The number of phenols is 1. The number of hydrogen-bond acceptors (Lipinski definition) is 12. The van der Waals surface area contributed by atoms with E-state index in [2.05, 4.69) is 37.2 Å². The van der Waals surface area contributed by atoms with E-state index in [-0.39, 0.29) is 24.5 Å². The van der Waals surface area contributed by atoms with Crippen LogP contribution in [0, 0.1) is 5.92 Å². The standard InChI is InChI=1S/C32H48N8O13/c1-15(2)9-21(31(51)39-22(11-26(45)46)30(50)37-17(4)32(52)53)38-27(47)16(3)36-25(44)13-34-24(43)12-35-29(49)23(14-41)40-28(48)20(33)10-18-5-7-19(42)8-6-18/h5-8,15-17,20-23,41-42H,9-14,33H2,1-4H3,(H,34,43)(H,35,49)(H,36,44)(H,37,50)(H,38,47)(H,39,51)(H,40,48)(H,45,46)(H,52,53)/t16-,17-,20-,21-,22-,23-/m0/s1. The fourth-order valence-corrected chi connectivity index (χ4v) is 4.37. The lowest BCUT2D eigenvalue weighted by molar-refractivity contribution is -0.143. The van der Waals surface area contributed by atoms with Crippen molar-refractivity contribution in [1.82, 2.24) is 37.2 Å². The molecule has 0 saturated heterocycles. The van der Waals surface area contributed by atoms with Crippen molar-refractivity contribution in [3.05, 3.63) is 29.8 Å². The van der Waals surface area contributed by atoms with Gasteiger partial charge in [0, 0.05) is 0 Å². The molecule has 0 spiro atoms. The number of carbonyl (C=O) groups excluding carboxylic acids is 7. The second-order valence-electron chi connectivity index (χ2n) is 12.4. The van der Waals surface area contributed by atoms with Crippen LogP contribution in [0.2, 0.25) is 0 Å². The van der Waals surface area contributed by atoms with Crippen molar-refractivity contribution in [2.24, 2.45) is 11.7 Å². The van der Waals surface area contributed by atoms with Crippen LogP contribution in [0.25, 0.3) is 0 Å². The summed E-state index contributed by atoms with van der Waals surface area (Å²) in [4.78, 5) is 110. The van der Waals surface area contributed by atoms with Crippen molar-refractivity contribution in [3.63, 3.8) is 0 Å². The molecule has 294 valence electrons. The third-order valence-electron chi connectivity index (χ3n) is 7.27. The first-order chi connectivity index (χ1) is 24.7. The summed E-state index contributed by atoms with van der Waals surface area (Å²) in [7, 11) is 0. The molecular formula is C32H48N8O13. The molecule has 6 atom stereocenters. The van der Waals surface area contributed by atoms with E-state index in [0.717, 1.165) is 6.92 Å². The Bertz CT molecular complexity index is 1490. The van der Waals surface area contributed by atoms with Crippen LogP contribution in [0.1, 0.15) is 46.1 Å². The first-order valence-corrected chi connectivity index (χ1v) is 16.4. The lowest BCUT2D eigenvalue weighted by atomic mass is 10.0. The largest absolute Gasteiger partial charge is 0.508 e. The zero-order valence-electron chi connectivity index (χ0n) is 29.6. The monoisotopic (exact) mass is 752 g/mol. The zero-order valence-corrected chi connectivity index (χ0v) is 29.6. The van der Waals surface area contributed by atoms with E-state index in [1.165, 1.54) is 19.1 Å². The number of aromatic hydroxyl groups is 1. The molecule has 1 aromatic rings. The summed E-state index contributed by atoms with van der Waals surface area (Å²) in [6.07, 6.45) is -0.790. The Morgan fingerprint density at radius 1 is 0.642 bits per heavy atom. The Morgan fingerprint density at radius 3 is 1.74 bits per heavy atom. The fraction of sp³-hybridized carbons (Fsp3) is 0.531. The molecule has 0 aliphatic rings. The van der Waals surface area contributed by atoms with Crippen LogP contribution in [-0.2, 0) is 49.6 Å². The molecule has 0 aliphatic carbocycles. The summed E-state index contributed by atoms with van der Waals surface area (Å²) in [6, 6.07) is -2.24. The molecule has 13 N–H and O–H groups in total. The van der Waals surface area contributed by atoms with Crippen molar-refractivity contribution in [3.8, 4) is 5.75 Å². The quantitative estimate of drug-likeness (QED) is 0.0532. The third kappa shape index (κ3) is 17.3. The summed E-state index contributed by atoms with van der Waals surface area (Å²) >= 11 is 0. The maximum Gasteiger partial charge on any atom is 0.325 e. The second kappa shape index (κ2) is 22.2. The summed E-state index contributed by atoms with van der Waals surface area (Å²) in [5, 5.41) is 52.9. The van der Waals surface area contributed by atoms with Crippen molar-refractivity contribution < 1.29 is 63.6 Å². The number of rotatable bonds is 22. The molecule has 0 saturated carbocycles. The number of amides is 7. The zero-order chi connectivity index (χ0) is 40.4. The number of benzene rings is 1. The SMILES string of the molecule is CC(C)C[C@H](NC(=O)[C@H](C)NC(=O)CNC(=O)CNC(=O)[C@H](CO)NC(=O)[C@@H](N)Cc1ccc(O)cc1)C(=O)N[C@@H](CC(=O)O)C(=O)N[C@@H](C)C(=O)O. The average Bonchev–Trinajstić information content (AvgIpc) is 3.08. The van der Waals surface area contributed by atoms with Gasteiger partial charge >= 0.3 is 11.9 Å². The van der Waals surface area contributed by atoms with Gasteiger partial charge in [-0.1, -0.05) is 26.0 Å². The van der Waals surface area contributed by atoms with Gasteiger partial charge in [0.25, 0.3) is 0 Å². The highest BCUT2D eigenvalue weighted by Crippen LogP contribution is 2.11. The number of hydrogen-bond donors (Lipinski definition) is 12. The maximum absolute atomic E-state index is 13.1. The second-order valence-corrected chi connectivity index (χ2v) is 12.4. The minimum atomic E-state index is -1.67. The van der Waals surface area contributed by atoms with Crippen LogP contribution in [-0.4, -0.2) is 130 Å². The number of aliphatic hydroxyl groups is 1. The highest BCUT2D eigenvalue weighted by atomic mass is 16.4. The summed E-state index contributed by atoms with van der Waals surface area (Å²) in [6.45, 7) is 3.72.